The van der Waals surface area contributed by atoms with Crippen LogP contribution in [-0.4, -0.2) is 31.4 Å². The van der Waals surface area contributed by atoms with Gasteiger partial charge >= 0.3 is 0 Å². The predicted octanol–water partition coefficient (Wildman–Crippen LogP) is 4.51. The Bertz CT molecular complexity index is 1560. The number of rotatable bonds is 5. The summed E-state index contributed by atoms with van der Waals surface area (Å²) < 4.78 is 6.56. The fraction of sp³-hybridized carbons (Fsp3) is 0.167. The Morgan fingerprint density at radius 3 is 2.61 bits per heavy atom. The van der Waals surface area contributed by atoms with E-state index < -0.39 is 0 Å². The molecule has 5 rings (SSSR count). The molecular weight excluding hydrogens is 438 g/mol. The van der Waals surface area contributed by atoms with Crippen LogP contribution in [0.2, 0.25) is 0 Å². The molecule has 3 aromatic heterocycles. The van der Waals surface area contributed by atoms with Gasteiger partial charge in [0.15, 0.2) is 11.0 Å². The molecule has 1 amide bonds. The summed E-state index contributed by atoms with van der Waals surface area (Å²) in [6.45, 7) is 5.72. The number of amides is 1. The highest BCUT2D eigenvalue weighted by molar-refractivity contribution is 7.99. The second kappa shape index (κ2) is 8.25. The number of fused-ring (bicyclic) bond motifs is 3. The first-order valence-corrected chi connectivity index (χ1v) is 11.4. The lowest BCUT2D eigenvalue weighted by atomic mass is 10.1. The number of hydrogen-bond acceptors (Lipinski definition) is 6. The molecule has 0 saturated carbocycles. The number of H-pyrrole nitrogens is 1. The van der Waals surface area contributed by atoms with Crippen molar-refractivity contribution in [2.45, 2.75) is 25.9 Å². The zero-order chi connectivity index (χ0) is 23.1. The van der Waals surface area contributed by atoms with Crippen LogP contribution in [0.3, 0.4) is 0 Å². The molecule has 3 heterocycles. The molecule has 0 atom stereocenters. The minimum Gasteiger partial charge on any atom is -0.360 e. The molecule has 166 valence electrons. The van der Waals surface area contributed by atoms with Gasteiger partial charge in [-0.2, -0.15) is 0 Å². The number of hydrogen-bond donors (Lipinski definition) is 2. The lowest BCUT2D eigenvalue weighted by Gasteiger charge is -2.13. The van der Waals surface area contributed by atoms with Crippen LogP contribution < -0.4 is 10.9 Å². The summed E-state index contributed by atoms with van der Waals surface area (Å²) in [5, 5.41) is 7.79. The third-order valence-electron chi connectivity index (χ3n) is 5.19. The molecule has 9 heteroatoms. The van der Waals surface area contributed by atoms with E-state index in [2.05, 4.69) is 15.5 Å². The van der Waals surface area contributed by atoms with Crippen molar-refractivity contribution in [1.29, 1.82) is 0 Å². The molecule has 0 saturated heterocycles. The maximum atomic E-state index is 13.6. The van der Waals surface area contributed by atoms with Gasteiger partial charge in [-0.3, -0.25) is 14.2 Å². The average Bonchev–Trinajstić information content (AvgIpc) is 3.35. The quantitative estimate of drug-likeness (QED) is 0.296. The largest absolute Gasteiger partial charge is 0.360 e. The third kappa shape index (κ3) is 4.03. The van der Waals surface area contributed by atoms with Crippen molar-refractivity contribution >= 4 is 45.4 Å². The van der Waals surface area contributed by atoms with Gasteiger partial charge in [0, 0.05) is 17.0 Å². The lowest BCUT2D eigenvalue weighted by molar-refractivity contribution is -0.113. The highest BCUT2D eigenvalue weighted by Gasteiger charge is 2.19. The number of nitrogens with one attached hydrogen (secondary N) is 2. The number of benzene rings is 2. The van der Waals surface area contributed by atoms with E-state index >= 15 is 0 Å². The van der Waals surface area contributed by atoms with Gasteiger partial charge in [-0.15, -0.1) is 0 Å². The van der Waals surface area contributed by atoms with Gasteiger partial charge in [0.2, 0.25) is 5.91 Å². The van der Waals surface area contributed by atoms with Crippen molar-refractivity contribution in [3.8, 4) is 5.69 Å². The second-order valence-corrected chi connectivity index (χ2v) is 8.88. The van der Waals surface area contributed by atoms with Crippen LogP contribution in [0.1, 0.15) is 16.9 Å². The van der Waals surface area contributed by atoms with E-state index in [9.17, 15) is 9.59 Å². The van der Waals surface area contributed by atoms with E-state index in [1.165, 1.54) is 11.8 Å². The zero-order valence-corrected chi connectivity index (χ0v) is 19.1. The topological polar surface area (TPSA) is 106 Å². The van der Waals surface area contributed by atoms with E-state index in [0.717, 1.165) is 22.0 Å². The number of nitrogens with zero attached hydrogens (tertiary/aromatic N) is 3. The molecule has 0 radical (unpaired) electrons. The van der Waals surface area contributed by atoms with Gasteiger partial charge in [0.05, 0.1) is 11.4 Å². The Hall–Kier alpha value is -3.85. The number of aromatic nitrogens is 4. The first-order chi connectivity index (χ1) is 15.9. The Morgan fingerprint density at radius 2 is 1.88 bits per heavy atom. The van der Waals surface area contributed by atoms with Crippen molar-refractivity contribution in [3.05, 3.63) is 75.8 Å². The summed E-state index contributed by atoms with van der Waals surface area (Å²) in [5.41, 5.74) is 4.42. The second-order valence-electron chi connectivity index (χ2n) is 7.93. The van der Waals surface area contributed by atoms with Crippen LogP contribution in [-0.2, 0) is 4.79 Å². The van der Waals surface area contributed by atoms with E-state index in [-0.39, 0.29) is 17.2 Å². The molecule has 0 unspecified atom stereocenters. The molecule has 0 spiro atoms. The van der Waals surface area contributed by atoms with Crippen LogP contribution >= 0.6 is 11.8 Å². The monoisotopic (exact) mass is 459 g/mol. The molecule has 2 aromatic carbocycles. The van der Waals surface area contributed by atoms with Crippen LogP contribution in [0.4, 0.5) is 5.82 Å². The van der Waals surface area contributed by atoms with Crippen LogP contribution in [0.15, 0.2) is 63.0 Å². The Labute approximate surface area is 193 Å². The van der Waals surface area contributed by atoms with Crippen molar-refractivity contribution in [2.75, 3.05) is 11.1 Å². The van der Waals surface area contributed by atoms with E-state index in [1.807, 2.05) is 56.3 Å². The van der Waals surface area contributed by atoms with Gasteiger partial charge < -0.3 is 14.8 Å². The molecule has 5 aromatic rings. The molecule has 0 aliphatic heterocycles. The van der Waals surface area contributed by atoms with Crippen molar-refractivity contribution < 1.29 is 9.32 Å². The van der Waals surface area contributed by atoms with Crippen molar-refractivity contribution in [2.24, 2.45) is 0 Å². The average molecular weight is 460 g/mol. The number of aromatic amines is 1. The smallest absolute Gasteiger partial charge is 0.283 e. The predicted molar refractivity (Wildman–Crippen MR) is 129 cm³/mol. The standard InChI is InChI=1S/C24H21N5O3S/c1-13-8-14(2)10-16(9-13)29-23(31)22-21(17-6-4-5-7-18(17)25-22)27-24(29)33-12-20(30)26-19-11-15(3)32-28-19/h4-11,25H,12H2,1-3H3,(H,26,28,30). The summed E-state index contributed by atoms with van der Waals surface area (Å²) >= 11 is 1.20. The fourth-order valence-corrected chi connectivity index (χ4v) is 4.69. The normalized spacial score (nSPS) is 11.4. The van der Waals surface area contributed by atoms with E-state index in [0.29, 0.717) is 33.5 Å². The molecule has 0 aliphatic carbocycles. The van der Waals surface area contributed by atoms with E-state index in [4.69, 9.17) is 9.51 Å². The molecule has 8 nitrogen and oxygen atoms in total. The Kier molecular flexibility index (Phi) is 5.26. The van der Waals surface area contributed by atoms with Gasteiger partial charge in [-0.1, -0.05) is 41.2 Å². The minimum absolute atomic E-state index is 0.0526. The van der Waals surface area contributed by atoms with Gasteiger partial charge in [0.25, 0.3) is 5.56 Å². The zero-order valence-electron chi connectivity index (χ0n) is 18.3. The van der Waals surface area contributed by atoms with Crippen LogP contribution in [0.5, 0.6) is 0 Å². The maximum Gasteiger partial charge on any atom is 0.283 e. The third-order valence-corrected chi connectivity index (χ3v) is 6.13. The van der Waals surface area contributed by atoms with Crippen LogP contribution in [0.25, 0.3) is 27.6 Å². The minimum atomic E-state index is -0.270. The first kappa shape index (κ1) is 21.0. The summed E-state index contributed by atoms with van der Waals surface area (Å²) in [6, 6.07) is 15.2. The Morgan fingerprint density at radius 1 is 1.12 bits per heavy atom. The van der Waals surface area contributed by atoms with Gasteiger partial charge in [-0.25, -0.2) is 4.98 Å². The van der Waals surface area contributed by atoms with E-state index in [1.54, 1.807) is 17.6 Å². The highest BCUT2D eigenvalue weighted by atomic mass is 32.2. The number of carbonyl (C=O) groups is 1. The fourth-order valence-electron chi connectivity index (χ4n) is 3.88. The summed E-state index contributed by atoms with van der Waals surface area (Å²) in [7, 11) is 0. The SMILES string of the molecule is Cc1cc(C)cc(-n2c(SCC(=O)Nc3cc(C)on3)nc3c([nH]c4ccccc43)c2=O)c1. The van der Waals surface area contributed by atoms with Crippen LogP contribution in [0, 0.1) is 20.8 Å². The lowest BCUT2D eigenvalue weighted by Crippen LogP contribution is -2.23. The molecular formula is C24H21N5O3S. The molecule has 0 fully saturated rings. The first-order valence-electron chi connectivity index (χ1n) is 10.4. The number of anilines is 1. The molecule has 33 heavy (non-hydrogen) atoms. The van der Waals surface area contributed by atoms with Crippen molar-refractivity contribution in [3.63, 3.8) is 0 Å². The molecule has 0 bridgehead atoms. The molecule has 0 aliphatic rings. The van der Waals surface area contributed by atoms with Crippen molar-refractivity contribution in [1.82, 2.24) is 19.7 Å². The maximum absolute atomic E-state index is 13.6. The number of thioether (sulfide) groups is 1. The number of carbonyl (C=O) groups excluding carboxylic acids is 1. The summed E-state index contributed by atoms with van der Waals surface area (Å²) in [6.07, 6.45) is 0. The number of para-hydroxylation sites is 1. The molecule has 2 N–H and O–H groups in total. The van der Waals surface area contributed by atoms with Gasteiger partial charge in [0.1, 0.15) is 16.8 Å². The summed E-state index contributed by atoms with van der Waals surface area (Å²) in [4.78, 5) is 34.2. The number of aryl methyl sites for hydroxylation is 3. The summed E-state index contributed by atoms with van der Waals surface area (Å²) in [5.74, 6) is 0.739. The Balaban J connectivity index is 1.60. The van der Waals surface area contributed by atoms with Gasteiger partial charge in [-0.05, 0) is 50.1 Å². The highest BCUT2D eigenvalue weighted by Crippen LogP contribution is 2.27.